The van der Waals surface area contributed by atoms with Gasteiger partial charge in [-0.05, 0) is 104 Å². The van der Waals surface area contributed by atoms with Crippen LogP contribution in [0.25, 0.3) is 111 Å². The molecule has 0 fully saturated rings. The van der Waals surface area contributed by atoms with Gasteiger partial charge in [0.15, 0.2) is 0 Å². The minimum absolute atomic E-state index is 0.441. The number of benzene rings is 8. The average Bonchev–Trinajstić information content (AvgIpc) is 3.91. The highest BCUT2D eigenvalue weighted by Crippen LogP contribution is 2.64. The first-order valence-corrected chi connectivity index (χ1v) is 23.5. The molecule has 0 bridgehead atoms. The number of rotatable bonds is 6. The predicted octanol–water partition coefficient (Wildman–Crippen LogP) is 15.9. The van der Waals surface area contributed by atoms with Gasteiger partial charge in [0.2, 0.25) is 0 Å². The van der Waals surface area contributed by atoms with Crippen molar-refractivity contribution in [2.24, 2.45) is 0 Å². The Balaban J connectivity index is 0.951. The molecular weight excluding hydrogens is 837 g/mol. The van der Waals surface area contributed by atoms with Gasteiger partial charge in [0.05, 0.1) is 39.4 Å². The topological polar surface area (TPSA) is 51.6 Å². The second kappa shape index (κ2) is 15.5. The molecule has 320 valence electrons. The van der Waals surface area contributed by atoms with Gasteiger partial charge in [-0.1, -0.05) is 182 Å². The van der Waals surface area contributed by atoms with Crippen molar-refractivity contribution in [3.8, 4) is 89.7 Å². The summed E-state index contributed by atoms with van der Waals surface area (Å²) in [6, 6.07) is 82.9. The van der Waals surface area contributed by atoms with E-state index < -0.39 is 5.41 Å². The van der Waals surface area contributed by atoms with Gasteiger partial charge in [-0.25, -0.2) is 9.97 Å². The number of fused-ring (bicyclic) bond motifs is 14. The first-order chi connectivity index (χ1) is 34.2. The van der Waals surface area contributed by atoms with Crippen LogP contribution in [0.15, 0.2) is 243 Å². The summed E-state index contributed by atoms with van der Waals surface area (Å²) in [5.74, 6) is 0. The first-order valence-electron chi connectivity index (χ1n) is 23.5. The molecule has 69 heavy (non-hydrogen) atoms. The molecule has 0 radical (unpaired) electrons. The van der Waals surface area contributed by atoms with E-state index in [1.807, 2.05) is 48.8 Å². The molecule has 0 N–H and O–H groups in total. The van der Waals surface area contributed by atoms with Crippen molar-refractivity contribution in [2.45, 2.75) is 5.41 Å². The van der Waals surface area contributed by atoms with E-state index in [2.05, 4.69) is 204 Å². The lowest BCUT2D eigenvalue weighted by molar-refractivity contribution is 0.794. The Morgan fingerprint density at radius 1 is 0.290 bits per heavy atom. The van der Waals surface area contributed by atoms with Gasteiger partial charge >= 0.3 is 0 Å². The molecule has 4 heterocycles. The Kier molecular flexibility index (Phi) is 8.77. The Morgan fingerprint density at radius 3 is 1.45 bits per heavy atom. The molecule has 14 rings (SSSR count). The minimum Gasteiger partial charge on any atom is -0.256 e. The number of para-hydroxylation sites is 1. The summed E-state index contributed by atoms with van der Waals surface area (Å²) in [5.41, 5.74) is 23.0. The molecule has 12 aromatic rings. The van der Waals surface area contributed by atoms with Gasteiger partial charge in [0.1, 0.15) is 0 Å². The van der Waals surface area contributed by atoms with E-state index in [1.54, 1.807) is 0 Å². The van der Waals surface area contributed by atoms with Crippen LogP contribution in [0.4, 0.5) is 0 Å². The van der Waals surface area contributed by atoms with Crippen LogP contribution in [-0.2, 0) is 5.41 Å². The van der Waals surface area contributed by atoms with E-state index in [4.69, 9.17) is 9.97 Å². The van der Waals surface area contributed by atoms with Crippen LogP contribution < -0.4 is 0 Å². The van der Waals surface area contributed by atoms with E-state index in [9.17, 15) is 0 Å². The molecule has 0 saturated heterocycles. The zero-order valence-corrected chi connectivity index (χ0v) is 37.4. The maximum Gasteiger partial charge on any atom is 0.0788 e. The van der Waals surface area contributed by atoms with E-state index in [-0.39, 0.29) is 0 Å². The number of aromatic nitrogens is 4. The minimum atomic E-state index is -0.441. The zero-order valence-electron chi connectivity index (χ0n) is 37.4. The fraction of sp³-hybridized carbons (Fsp3) is 0.0154. The number of nitrogens with zero attached hydrogens (tertiary/aromatic N) is 4. The standard InChI is InChI=1S/C65H40N4/c1-5-20-53-48(16-1)49-17-2-6-21-54(49)65(53)55-22-7-3-18-50(55)63-56(65)35-34-52-62(63)51-19-4-8-25-59(51)69-64(52)46-15-13-14-45(38-46)61-40-47(41-26-28-42(29-27-41)57-23-9-11-36-66-57)39-60(68-61)44-32-30-43(31-33-44)58-24-10-12-37-67-58/h1-40H. The molecule has 4 heteroatoms. The summed E-state index contributed by atoms with van der Waals surface area (Å²) in [4.78, 5) is 20.1. The van der Waals surface area contributed by atoms with Crippen LogP contribution in [0.1, 0.15) is 22.3 Å². The lowest BCUT2D eigenvalue weighted by Crippen LogP contribution is -2.25. The third-order valence-electron chi connectivity index (χ3n) is 14.4. The molecule has 8 aromatic carbocycles. The van der Waals surface area contributed by atoms with Crippen LogP contribution >= 0.6 is 0 Å². The molecule has 2 aliphatic carbocycles. The summed E-state index contributed by atoms with van der Waals surface area (Å²) < 4.78 is 0. The summed E-state index contributed by atoms with van der Waals surface area (Å²) in [6.45, 7) is 0. The van der Waals surface area contributed by atoms with Gasteiger partial charge < -0.3 is 0 Å². The van der Waals surface area contributed by atoms with Crippen molar-refractivity contribution in [3.63, 3.8) is 0 Å². The van der Waals surface area contributed by atoms with Crippen LogP contribution in [0.5, 0.6) is 0 Å². The second-order valence-corrected chi connectivity index (χ2v) is 18.1. The van der Waals surface area contributed by atoms with Crippen molar-refractivity contribution in [3.05, 3.63) is 265 Å². The Morgan fingerprint density at radius 2 is 0.812 bits per heavy atom. The maximum atomic E-state index is 5.52. The Labute approximate surface area is 400 Å². The summed E-state index contributed by atoms with van der Waals surface area (Å²) in [6.07, 6.45) is 3.67. The molecule has 4 nitrogen and oxygen atoms in total. The smallest absolute Gasteiger partial charge is 0.0788 e. The molecule has 1 spiro atoms. The summed E-state index contributed by atoms with van der Waals surface area (Å²) in [7, 11) is 0. The predicted molar refractivity (Wildman–Crippen MR) is 282 cm³/mol. The number of pyridine rings is 4. The van der Waals surface area contributed by atoms with E-state index in [0.717, 1.165) is 83.7 Å². The van der Waals surface area contributed by atoms with Gasteiger partial charge in [-0.15, -0.1) is 0 Å². The van der Waals surface area contributed by atoms with Crippen LogP contribution in [-0.4, -0.2) is 19.9 Å². The molecule has 0 saturated carbocycles. The highest BCUT2D eigenvalue weighted by Gasteiger charge is 2.52. The molecule has 4 aromatic heterocycles. The van der Waals surface area contributed by atoms with E-state index >= 15 is 0 Å². The van der Waals surface area contributed by atoms with Crippen molar-refractivity contribution in [1.82, 2.24) is 19.9 Å². The fourth-order valence-corrected chi connectivity index (χ4v) is 11.4. The van der Waals surface area contributed by atoms with Crippen LogP contribution in [0.3, 0.4) is 0 Å². The highest BCUT2D eigenvalue weighted by atomic mass is 14.7. The maximum absolute atomic E-state index is 5.52. The molecule has 0 unspecified atom stereocenters. The highest BCUT2D eigenvalue weighted by molar-refractivity contribution is 6.20. The van der Waals surface area contributed by atoms with Gasteiger partial charge in [-0.3, -0.25) is 9.97 Å². The summed E-state index contributed by atoms with van der Waals surface area (Å²) in [5, 5.41) is 3.51. The first kappa shape index (κ1) is 39.1. The van der Waals surface area contributed by atoms with Crippen molar-refractivity contribution < 1.29 is 0 Å². The quantitative estimate of drug-likeness (QED) is 0.156. The molecule has 0 amide bonds. The third-order valence-corrected chi connectivity index (χ3v) is 14.4. The SMILES string of the molecule is c1ccc(-c2ccc(-c3cc(-c4ccc(-c5ccccn5)cc4)nc(-c4cccc(-c5nc6ccccc6c6c7c(ccc56)C5(c6ccccc6-c6ccccc65)c5ccccc5-7)c4)c3)cc2)nc1. The monoisotopic (exact) mass is 876 g/mol. The average molecular weight is 877 g/mol. The third kappa shape index (κ3) is 6.02. The van der Waals surface area contributed by atoms with Gasteiger partial charge in [0, 0.05) is 56.4 Å². The van der Waals surface area contributed by atoms with Gasteiger partial charge in [-0.2, -0.15) is 0 Å². The van der Waals surface area contributed by atoms with Crippen LogP contribution in [0.2, 0.25) is 0 Å². The molecule has 2 aliphatic rings. The zero-order chi connectivity index (χ0) is 45.5. The largest absolute Gasteiger partial charge is 0.256 e. The fourth-order valence-electron chi connectivity index (χ4n) is 11.4. The molecular formula is C65H40N4. The van der Waals surface area contributed by atoms with E-state index in [0.29, 0.717) is 0 Å². The molecule has 0 aliphatic heterocycles. The summed E-state index contributed by atoms with van der Waals surface area (Å²) >= 11 is 0. The van der Waals surface area contributed by atoms with Crippen molar-refractivity contribution in [1.29, 1.82) is 0 Å². The van der Waals surface area contributed by atoms with E-state index in [1.165, 1.54) is 49.9 Å². The van der Waals surface area contributed by atoms with Crippen molar-refractivity contribution >= 4 is 21.7 Å². The second-order valence-electron chi connectivity index (χ2n) is 18.1. The Hall–Kier alpha value is -9.12. The number of hydrogen-bond donors (Lipinski definition) is 0. The van der Waals surface area contributed by atoms with Crippen molar-refractivity contribution in [2.75, 3.05) is 0 Å². The lowest BCUT2D eigenvalue weighted by atomic mass is 9.70. The molecule has 0 atom stereocenters. The Bertz CT molecular complexity index is 3850. The van der Waals surface area contributed by atoms with Crippen LogP contribution in [0, 0.1) is 0 Å². The number of hydrogen-bond acceptors (Lipinski definition) is 4. The normalized spacial score (nSPS) is 12.8. The lowest BCUT2D eigenvalue weighted by Gasteiger charge is -2.30. The van der Waals surface area contributed by atoms with Gasteiger partial charge in [0.25, 0.3) is 0 Å².